The fourth-order valence-corrected chi connectivity index (χ4v) is 1.93. The fraction of sp³-hybridized carbons (Fsp3) is 0.667. The van der Waals surface area contributed by atoms with E-state index in [-0.39, 0.29) is 5.91 Å². The molecule has 0 bridgehead atoms. The van der Waals surface area contributed by atoms with Gasteiger partial charge < -0.3 is 14.8 Å². The average molecular weight is 268 g/mol. The topological polar surface area (TPSA) is 68.6 Å². The van der Waals surface area contributed by atoms with Crippen molar-refractivity contribution in [2.45, 2.75) is 6.73 Å². The number of methoxy groups -OCH3 is 1. The highest BCUT2D eigenvalue weighted by Crippen LogP contribution is 1.97. The number of rotatable bonds is 6. The van der Waals surface area contributed by atoms with E-state index in [1.165, 1.54) is 0 Å². The van der Waals surface area contributed by atoms with Crippen LogP contribution in [0.25, 0.3) is 0 Å². The maximum atomic E-state index is 11.8. The normalized spacial score (nSPS) is 16.5. The van der Waals surface area contributed by atoms with Crippen LogP contribution < -0.4 is 5.32 Å². The van der Waals surface area contributed by atoms with E-state index in [1.54, 1.807) is 24.1 Å². The van der Waals surface area contributed by atoms with Gasteiger partial charge in [0.05, 0.1) is 13.2 Å². The summed E-state index contributed by atoms with van der Waals surface area (Å²) >= 11 is 0. The highest BCUT2D eigenvalue weighted by atomic mass is 16.5. The molecule has 1 aliphatic rings. The maximum Gasteiger partial charge on any atom is 0.271 e. The van der Waals surface area contributed by atoms with Crippen LogP contribution in [-0.4, -0.2) is 67.1 Å². The zero-order valence-corrected chi connectivity index (χ0v) is 11.2. The molecule has 0 aromatic carbocycles. The first-order valence-electron chi connectivity index (χ1n) is 6.40. The Labute approximate surface area is 112 Å². The molecule has 1 aromatic rings. The molecular formula is C12H20N4O3. The minimum absolute atomic E-state index is 0.150. The Morgan fingerprint density at radius 1 is 1.53 bits per heavy atom. The molecule has 1 N–H and O–H groups in total. The quantitative estimate of drug-likeness (QED) is 0.757. The Morgan fingerprint density at radius 2 is 2.32 bits per heavy atom. The molecular weight excluding hydrogens is 248 g/mol. The molecule has 19 heavy (non-hydrogen) atoms. The van der Waals surface area contributed by atoms with Gasteiger partial charge >= 0.3 is 0 Å². The van der Waals surface area contributed by atoms with E-state index in [1.807, 2.05) is 0 Å². The van der Waals surface area contributed by atoms with Crippen molar-refractivity contribution < 1.29 is 14.3 Å². The van der Waals surface area contributed by atoms with Gasteiger partial charge in [-0.15, -0.1) is 0 Å². The average Bonchev–Trinajstić information content (AvgIpc) is 2.89. The van der Waals surface area contributed by atoms with Crippen LogP contribution in [-0.2, 0) is 16.2 Å². The summed E-state index contributed by atoms with van der Waals surface area (Å²) in [7, 11) is 1.59. The second-order valence-electron chi connectivity index (χ2n) is 4.37. The Balaban J connectivity index is 1.70. The third-order valence-electron chi connectivity index (χ3n) is 2.95. The summed E-state index contributed by atoms with van der Waals surface area (Å²) in [6.07, 6.45) is 1.72. The van der Waals surface area contributed by atoms with E-state index in [4.69, 9.17) is 9.47 Å². The molecule has 0 atom stereocenters. The molecule has 0 saturated carbocycles. The molecule has 0 aliphatic carbocycles. The van der Waals surface area contributed by atoms with Crippen LogP contribution in [0.5, 0.6) is 0 Å². The van der Waals surface area contributed by atoms with Gasteiger partial charge in [0.1, 0.15) is 12.4 Å². The SMILES string of the molecule is COCn1ccc(C(=O)NCCN2CCOCC2)n1. The zero-order chi connectivity index (χ0) is 13.5. The van der Waals surface area contributed by atoms with Gasteiger partial charge in [-0.05, 0) is 6.07 Å². The van der Waals surface area contributed by atoms with Crippen LogP contribution in [0.1, 0.15) is 10.5 Å². The van der Waals surface area contributed by atoms with Crippen LogP contribution in [0.15, 0.2) is 12.3 Å². The van der Waals surface area contributed by atoms with Crippen LogP contribution in [0.2, 0.25) is 0 Å². The number of aromatic nitrogens is 2. The van der Waals surface area contributed by atoms with Gasteiger partial charge in [0.25, 0.3) is 5.91 Å². The number of nitrogens with one attached hydrogen (secondary N) is 1. The predicted octanol–water partition coefficient (Wildman–Crippen LogP) is -0.451. The number of nitrogens with zero attached hydrogens (tertiary/aromatic N) is 3. The third-order valence-corrected chi connectivity index (χ3v) is 2.95. The second kappa shape index (κ2) is 7.22. The lowest BCUT2D eigenvalue weighted by Gasteiger charge is -2.26. The highest BCUT2D eigenvalue weighted by Gasteiger charge is 2.12. The van der Waals surface area contributed by atoms with Crippen molar-refractivity contribution in [2.24, 2.45) is 0 Å². The van der Waals surface area contributed by atoms with E-state index in [9.17, 15) is 4.79 Å². The summed E-state index contributed by atoms with van der Waals surface area (Å²) in [4.78, 5) is 14.1. The molecule has 0 spiro atoms. The van der Waals surface area contributed by atoms with Gasteiger partial charge in [0, 0.05) is 39.5 Å². The molecule has 1 fully saturated rings. The Morgan fingerprint density at radius 3 is 3.05 bits per heavy atom. The van der Waals surface area contributed by atoms with E-state index in [0.717, 1.165) is 32.8 Å². The van der Waals surface area contributed by atoms with Crippen LogP contribution >= 0.6 is 0 Å². The lowest BCUT2D eigenvalue weighted by molar-refractivity contribution is 0.0383. The van der Waals surface area contributed by atoms with Crippen LogP contribution in [0.4, 0.5) is 0 Å². The van der Waals surface area contributed by atoms with Crippen LogP contribution in [0, 0.1) is 0 Å². The number of hydrogen-bond donors (Lipinski definition) is 1. The standard InChI is InChI=1S/C12H20N4O3/c1-18-10-16-4-2-11(14-16)12(17)13-3-5-15-6-8-19-9-7-15/h2,4H,3,5-10H2,1H3,(H,13,17). The predicted molar refractivity (Wildman–Crippen MR) is 68.8 cm³/mol. The Bertz CT molecular complexity index is 401. The largest absolute Gasteiger partial charge is 0.379 e. The van der Waals surface area contributed by atoms with E-state index < -0.39 is 0 Å². The lowest BCUT2D eigenvalue weighted by Crippen LogP contribution is -2.41. The zero-order valence-electron chi connectivity index (χ0n) is 11.2. The van der Waals surface area contributed by atoms with Gasteiger partial charge in [-0.25, -0.2) is 4.68 Å². The number of morpholine rings is 1. The molecule has 2 heterocycles. The number of amides is 1. The number of ether oxygens (including phenoxy) is 2. The molecule has 106 valence electrons. The van der Waals surface area contributed by atoms with Crippen molar-refractivity contribution in [2.75, 3.05) is 46.5 Å². The van der Waals surface area contributed by atoms with Crippen LogP contribution in [0.3, 0.4) is 0 Å². The number of carbonyl (C=O) groups excluding carboxylic acids is 1. The van der Waals surface area contributed by atoms with Gasteiger partial charge in [-0.3, -0.25) is 9.69 Å². The molecule has 1 aromatic heterocycles. The summed E-state index contributed by atoms with van der Waals surface area (Å²) < 4.78 is 11.8. The van der Waals surface area contributed by atoms with Gasteiger partial charge in [0.2, 0.25) is 0 Å². The molecule has 7 heteroatoms. The first-order valence-corrected chi connectivity index (χ1v) is 6.40. The molecule has 7 nitrogen and oxygen atoms in total. The van der Waals surface area contributed by atoms with E-state index in [2.05, 4.69) is 15.3 Å². The van der Waals surface area contributed by atoms with Gasteiger partial charge in [-0.2, -0.15) is 5.10 Å². The fourth-order valence-electron chi connectivity index (χ4n) is 1.93. The number of hydrogen-bond acceptors (Lipinski definition) is 5. The summed E-state index contributed by atoms with van der Waals surface area (Å²) in [6, 6.07) is 1.68. The molecule has 1 aliphatic heterocycles. The summed E-state index contributed by atoms with van der Waals surface area (Å²) in [5.74, 6) is -0.150. The van der Waals surface area contributed by atoms with Crippen molar-refractivity contribution in [1.82, 2.24) is 20.0 Å². The maximum absolute atomic E-state index is 11.8. The van der Waals surface area contributed by atoms with Gasteiger partial charge in [0.15, 0.2) is 0 Å². The van der Waals surface area contributed by atoms with E-state index >= 15 is 0 Å². The Kier molecular flexibility index (Phi) is 5.31. The van der Waals surface area contributed by atoms with Crippen molar-refractivity contribution >= 4 is 5.91 Å². The monoisotopic (exact) mass is 268 g/mol. The summed E-state index contributed by atoms with van der Waals surface area (Å²) in [5.41, 5.74) is 0.416. The highest BCUT2D eigenvalue weighted by molar-refractivity contribution is 5.92. The Hall–Kier alpha value is -1.44. The molecule has 1 saturated heterocycles. The first-order chi connectivity index (χ1) is 9.29. The smallest absolute Gasteiger partial charge is 0.271 e. The molecule has 2 rings (SSSR count). The third kappa shape index (κ3) is 4.30. The summed E-state index contributed by atoms with van der Waals surface area (Å²) in [5, 5.41) is 6.97. The minimum Gasteiger partial charge on any atom is -0.379 e. The minimum atomic E-state index is -0.150. The lowest BCUT2D eigenvalue weighted by atomic mass is 10.4. The first kappa shape index (κ1) is 14.0. The van der Waals surface area contributed by atoms with Crippen molar-refractivity contribution in [3.05, 3.63) is 18.0 Å². The van der Waals surface area contributed by atoms with Crippen molar-refractivity contribution in [3.8, 4) is 0 Å². The molecule has 0 radical (unpaired) electrons. The molecule has 1 amide bonds. The van der Waals surface area contributed by atoms with E-state index in [0.29, 0.717) is 19.0 Å². The van der Waals surface area contributed by atoms with Crippen molar-refractivity contribution in [1.29, 1.82) is 0 Å². The van der Waals surface area contributed by atoms with Gasteiger partial charge in [-0.1, -0.05) is 0 Å². The second-order valence-corrected chi connectivity index (χ2v) is 4.37. The molecule has 0 unspecified atom stereocenters. The summed E-state index contributed by atoms with van der Waals surface area (Å²) in [6.45, 7) is 5.21. The number of carbonyl (C=O) groups is 1. The van der Waals surface area contributed by atoms with Crippen molar-refractivity contribution in [3.63, 3.8) is 0 Å².